The van der Waals surface area contributed by atoms with E-state index in [1.54, 1.807) is 19.1 Å². The number of nitrogens with two attached hydrogens (primary N) is 2. The van der Waals surface area contributed by atoms with Crippen LogP contribution in [0, 0.1) is 0 Å². The predicted octanol–water partition coefficient (Wildman–Crippen LogP) is 0.182. The van der Waals surface area contributed by atoms with Crippen molar-refractivity contribution in [2.45, 2.75) is 25.8 Å². The Kier molecular flexibility index (Phi) is 5.32. The molecule has 2 amide bonds. The Bertz CT molecular complexity index is 432. The Hall–Kier alpha value is -1.88. The SMILES string of the molecule is CC(CC(N)=O)NC(=O)c1cccc(CCN)c1. The summed E-state index contributed by atoms with van der Waals surface area (Å²) >= 11 is 0. The van der Waals surface area contributed by atoms with E-state index in [2.05, 4.69) is 5.32 Å². The molecule has 0 heterocycles. The summed E-state index contributed by atoms with van der Waals surface area (Å²) in [5.74, 6) is -0.637. The minimum absolute atomic E-state index is 0.133. The molecule has 0 saturated carbocycles. The molecule has 1 aromatic carbocycles. The van der Waals surface area contributed by atoms with Crippen molar-refractivity contribution in [2.75, 3.05) is 6.54 Å². The van der Waals surface area contributed by atoms with Crippen LogP contribution >= 0.6 is 0 Å². The zero-order valence-corrected chi connectivity index (χ0v) is 10.5. The fourth-order valence-electron chi connectivity index (χ4n) is 1.69. The summed E-state index contributed by atoms with van der Waals surface area (Å²) in [4.78, 5) is 22.6. The molecule has 0 aliphatic heterocycles. The van der Waals surface area contributed by atoms with Gasteiger partial charge in [0.05, 0.1) is 0 Å². The van der Waals surface area contributed by atoms with Crippen LogP contribution in [0.3, 0.4) is 0 Å². The molecule has 5 nitrogen and oxygen atoms in total. The lowest BCUT2D eigenvalue weighted by molar-refractivity contribution is -0.118. The monoisotopic (exact) mass is 249 g/mol. The Labute approximate surface area is 107 Å². The van der Waals surface area contributed by atoms with Crippen molar-refractivity contribution >= 4 is 11.8 Å². The van der Waals surface area contributed by atoms with Crippen LogP contribution in [0.4, 0.5) is 0 Å². The Balaban J connectivity index is 2.66. The molecule has 1 atom stereocenters. The van der Waals surface area contributed by atoms with E-state index in [0.717, 1.165) is 12.0 Å². The topological polar surface area (TPSA) is 98.2 Å². The molecule has 0 aromatic heterocycles. The fraction of sp³-hybridized carbons (Fsp3) is 0.385. The number of benzene rings is 1. The van der Waals surface area contributed by atoms with Crippen molar-refractivity contribution in [3.05, 3.63) is 35.4 Å². The van der Waals surface area contributed by atoms with Crippen LogP contribution in [0.1, 0.15) is 29.3 Å². The zero-order valence-electron chi connectivity index (χ0n) is 10.5. The number of hydrogen-bond acceptors (Lipinski definition) is 3. The number of hydrogen-bond donors (Lipinski definition) is 3. The minimum atomic E-state index is -0.431. The van der Waals surface area contributed by atoms with E-state index in [4.69, 9.17) is 11.5 Å². The van der Waals surface area contributed by atoms with Gasteiger partial charge in [-0.1, -0.05) is 12.1 Å². The van der Waals surface area contributed by atoms with E-state index in [9.17, 15) is 9.59 Å². The van der Waals surface area contributed by atoms with E-state index in [0.29, 0.717) is 12.1 Å². The number of carbonyl (C=O) groups is 2. The fourth-order valence-corrected chi connectivity index (χ4v) is 1.69. The summed E-state index contributed by atoms with van der Waals surface area (Å²) in [5, 5.41) is 2.73. The van der Waals surface area contributed by atoms with E-state index in [-0.39, 0.29) is 18.4 Å². The van der Waals surface area contributed by atoms with Crippen molar-refractivity contribution in [1.82, 2.24) is 5.32 Å². The van der Waals surface area contributed by atoms with Gasteiger partial charge in [-0.05, 0) is 37.6 Å². The maximum absolute atomic E-state index is 11.9. The van der Waals surface area contributed by atoms with Crippen LogP contribution in [0.5, 0.6) is 0 Å². The van der Waals surface area contributed by atoms with Crippen molar-refractivity contribution in [2.24, 2.45) is 11.5 Å². The van der Waals surface area contributed by atoms with Gasteiger partial charge in [0.2, 0.25) is 5.91 Å². The molecule has 5 N–H and O–H groups in total. The van der Waals surface area contributed by atoms with Crippen LogP contribution in [0.25, 0.3) is 0 Å². The molecule has 18 heavy (non-hydrogen) atoms. The highest BCUT2D eigenvalue weighted by Gasteiger charge is 2.11. The first-order valence-corrected chi connectivity index (χ1v) is 5.91. The van der Waals surface area contributed by atoms with Gasteiger partial charge in [0.15, 0.2) is 0 Å². The smallest absolute Gasteiger partial charge is 0.251 e. The highest BCUT2D eigenvalue weighted by molar-refractivity contribution is 5.94. The van der Waals surface area contributed by atoms with Gasteiger partial charge >= 0.3 is 0 Å². The van der Waals surface area contributed by atoms with Crippen molar-refractivity contribution in [3.8, 4) is 0 Å². The van der Waals surface area contributed by atoms with Crippen molar-refractivity contribution in [1.29, 1.82) is 0 Å². The molecule has 1 aromatic rings. The molecular formula is C13H19N3O2. The minimum Gasteiger partial charge on any atom is -0.370 e. The lowest BCUT2D eigenvalue weighted by atomic mass is 10.1. The molecule has 98 valence electrons. The van der Waals surface area contributed by atoms with E-state index in [1.165, 1.54) is 0 Å². The van der Waals surface area contributed by atoms with Crippen LogP contribution in [-0.2, 0) is 11.2 Å². The van der Waals surface area contributed by atoms with E-state index < -0.39 is 5.91 Å². The number of amides is 2. The van der Waals surface area contributed by atoms with Gasteiger partial charge in [-0.2, -0.15) is 0 Å². The highest BCUT2D eigenvalue weighted by atomic mass is 16.2. The largest absolute Gasteiger partial charge is 0.370 e. The third-order valence-corrected chi connectivity index (χ3v) is 2.51. The van der Waals surface area contributed by atoms with E-state index >= 15 is 0 Å². The molecule has 0 aliphatic rings. The van der Waals surface area contributed by atoms with Crippen LogP contribution in [0.2, 0.25) is 0 Å². The zero-order chi connectivity index (χ0) is 13.5. The van der Waals surface area contributed by atoms with Crippen LogP contribution in [0.15, 0.2) is 24.3 Å². The quantitative estimate of drug-likeness (QED) is 0.670. The third kappa shape index (κ3) is 4.55. The third-order valence-electron chi connectivity index (χ3n) is 2.51. The molecule has 0 saturated heterocycles. The second-order valence-corrected chi connectivity index (χ2v) is 4.28. The second-order valence-electron chi connectivity index (χ2n) is 4.28. The predicted molar refractivity (Wildman–Crippen MR) is 69.9 cm³/mol. The second kappa shape index (κ2) is 6.76. The van der Waals surface area contributed by atoms with E-state index in [1.807, 2.05) is 12.1 Å². The normalized spacial score (nSPS) is 11.9. The van der Waals surface area contributed by atoms with Gasteiger partial charge in [-0.3, -0.25) is 9.59 Å². The molecule has 0 radical (unpaired) electrons. The summed E-state index contributed by atoms with van der Waals surface area (Å²) in [5.41, 5.74) is 12.1. The average Bonchev–Trinajstić information content (AvgIpc) is 2.28. The Morgan fingerprint density at radius 2 is 2.11 bits per heavy atom. The summed E-state index contributed by atoms with van der Waals surface area (Å²) in [6.07, 6.45) is 0.867. The number of nitrogens with one attached hydrogen (secondary N) is 1. The molecule has 1 unspecified atom stereocenters. The molecule has 1 rings (SSSR count). The number of primary amides is 1. The Morgan fingerprint density at radius 3 is 2.72 bits per heavy atom. The molecule has 0 spiro atoms. The van der Waals surface area contributed by atoms with Gasteiger partial charge in [0.25, 0.3) is 5.91 Å². The average molecular weight is 249 g/mol. The molecular weight excluding hydrogens is 230 g/mol. The van der Waals surface area contributed by atoms with Crippen molar-refractivity contribution in [3.63, 3.8) is 0 Å². The summed E-state index contributed by atoms with van der Waals surface area (Å²) in [6.45, 7) is 2.29. The lowest BCUT2D eigenvalue weighted by Crippen LogP contribution is -2.35. The molecule has 0 aliphatic carbocycles. The van der Waals surface area contributed by atoms with Crippen LogP contribution < -0.4 is 16.8 Å². The van der Waals surface area contributed by atoms with Gasteiger partial charge in [0.1, 0.15) is 0 Å². The molecule has 5 heteroatoms. The first-order chi connectivity index (χ1) is 8.52. The maximum Gasteiger partial charge on any atom is 0.251 e. The first-order valence-electron chi connectivity index (χ1n) is 5.91. The summed E-state index contributed by atoms with van der Waals surface area (Å²) < 4.78 is 0. The molecule has 0 fully saturated rings. The number of rotatable bonds is 6. The maximum atomic E-state index is 11.9. The van der Waals surface area contributed by atoms with Gasteiger partial charge in [-0.15, -0.1) is 0 Å². The van der Waals surface area contributed by atoms with Crippen LogP contribution in [-0.4, -0.2) is 24.4 Å². The van der Waals surface area contributed by atoms with Gasteiger partial charge < -0.3 is 16.8 Å². The highest BCUT2D eigenvalue weighted by Crippen LogP contribution is 2.06. The Morgan fingerprint density at radius 1 is 1.39 bits per heavy atom. The standard InChI is InChI=1S/C13H19N3O2/c1-9(7-12(15)17)16-13(18)11-4-2-3-10(8-11)5-6-14/h2-4,8-9H,5-7,14H2,1H3,(H2,15,17)(H,16,18). The molecule has 0 bridgehead atoms. The lowest BCUT2D eigenvalue weighted by Gasteiger charge is -2.12. The number of carbonyl (C=O) groups excluding carboxylic acids is 2. The first kappa shape index (κ1) is 14.2. The van der Waals surface area contributed by atoms with Gasteiger partial charge in [-0.25, -0.2) is 0 Å². The summed E-state index contributed by atoms with van der Waals surface area (Å²) in [7, 11) is 0. The van der Waals surface area contributed by atoms with Gasteiger partial charge in [0, 0.05) is 18.0 Å². The summed E-state index contributed by atoms with van der Waals surface area (Å²) in [6, 6.07) is 7.01. The van der Waals surface area contributed by atoms with Crippen molar-refractivity contribution < 1.29 is 9.59 Å².